The summed E-state index contributed by atoms with van der Waals surface area (Å²) in [6.07, 6.45) is 2.96. The van der Waals surface area contributed by atoms with Crippen LogP contribution in [0, 0.1) is 5.92 Å². The molecule has 1 fully saturated rings. The molecule has 3 rings (SSSR count). The van der Waals surface area contributed by atoms with Crippen molar-refractivity contribution in [3.8, 4) is 0 Å². The largest absolute Gasteiger partial charge is 0.355 e. The first-order chi connectivity index (χ1) is 14.9. The summed E-state index contributed by atoms with van der Waals surface area (Å²) in [5, 5.41) is 3.80. The average Bonchev–Trinajstić information content (AvgIpc) is 3.07. The normalized spacial score (nSPS) is 17.1. The Balaban J connectivity index is 1.45. The predicted molar refractivity (Wildman–Crippen MR) is 122 cm³/mol. The Kier molecular flexibility index (Phi) is 8.10. The second kappa shape index (κ2) is 10.8. The van der Waals surface area contributed by atoms with Gasteiger partial charge in [0.2, 0.25) is 11.7 Å². The summed E-state index contributed by atoms with van der Waals surface area (Å²) < 4.78 is 0. The van der Waals surface area contributed by atoms with Crippen LogP contribution in [0.3, 0.4) is 0 Å². The van der Waals surface area contributed by atoms with Gasteiger partial charge in [-0.2, -0.15) is 0 Å². The molecule has 2 amide bonds. The summed E-state index contributed by atoms with van der Waals surface area (Å²) in [6.45, 7) is 2.48. The maximum absolute atomic E-state index is 12.5. The van der Waals surface area contributed by atoms with E-state index in [0.717, 1.165) is 24.8 Å². The zero-order chi connectivity index (χ0) is 22.4. The number of nitrogens with one attached hydrogen (secondary N) is 1. The lowest BCUT2D eigenvalue weighted by molar-refractivity contribution is -0.143. The molecule has 2 aromatic rings. The Hall–Kier alpha value is -2.37. The molecule has 31 heavy (non-hydrogen) atoms. The van der Waals surface area contributed by atoms with Gasteiger partial charge in [0.25, 0.3) is 5.91 Å². The van der Waals surface area contributed by atoms with Crippen molar-refractivity contribution in [1.29, 1.82) is 0 Å². The number of hydrogen-bond donors (Lipinski definition) is 1. The molecule has 2 atom stereocenters. The van der Waals surface area contributed by atoms with Gasteiger partial charge < -0.3 is 10.2 Å². The lowest BCUT2D eigenvalue weighted by Gasteiger charge is -2.24. The molecule has 0 saturated carbocycles. The van der Waals surface area contributed by atoms with Crippen molar-refractivity contribution < 1.29 is 14.4 Å². The number of likely N-dealkylation sites (tertiary alicyclic amines) is 1. The molecule has 0 radical (unpaired) electrons. The number of benzene rings is 2. The van der Waals surface area contributed by atoms with Crippen LogP contribution in [0.5, 0.6) is 0 Å². The summed E-state index contributed by atoms with van der Waals surface area (Å²) in [5.41, 5.74) is 2.21. The fourth-order valence-corrected chi connectivity index (χ4v) is 4.05. The Morgan fingerprint density at radius 2 is 1.81 bits per heavy atom. The number of rotatable bonds is 9. The second-order valence-electron chi connectivity index (χ2n) is 7.89. The molecule has 0 spiro atoms. The second-order valence-corrected chi connectivity index (χ2v) is 8.71. The molecule has 2 aromatic carbocycles. The molecule has 0 aliphatic carbocycles. The van der Waals surface area contributed by atoms with E-state index >= 15 is 0 Å². The minimum Gasteiger partial charge on any atom is -0.355 e. The van der Waals surface area contributed by atoms with E-state index in [4.69, 9.17) is 23.2 Å². The van der Waals surface area contributed by atoms with E-state index in [9.17, 15) is 14.4 Å². The van der Waals surface area contributed by atoms with Gasteiger partial charge in [-0.3, -0.25) is 14.4 Å². The van der Waals surface area contributed by atoms with Crippen molar-refractivity contribution >= 4 is 40.8 Å². The standard InChI is InChI=1S/C24H26Cl2N2O3/c1-16(9-10-17-6-3-2-4-7-17)28-15-19(22(29)24(28)31)23(30)27-13-5-8-18-11-12-20(25)21(26)14-18/h2-4,6-7,11-12,14,16,19H,5,8-10,13,15H2,1H3,(H,27,30). The first-order valence-electron chi connectivity index (χ1n) is 10.5. The maximum atomic E-state index is 12.5. The van der Waals surface area contributed by atoms with E-state index in [-0.39, 0.29) is 18.5 Å². The zero-order valence-corrected chi connectivity index (χ0v) is 19.0. The Morgan fingerprint density at radius 1 is 1.06 bits per heavy atom. The summed E-state index contributed by atoms with van der Waals surface area (Å²) in [7, 11) is 0. The maximum Gasteiger partial charge on any atom is 0.291 e. The molecule has 1 N–H and O–H groups in total. The fourth-order valence-electron chi connectivity index (χ4n) is 3.73. The van der Waals surface area contributed by atoms with Gasteiger partial charge in [0, 0.05) is 19.1 Å². The molecular weight excluding hydrogens is 435 g/mol. The summed E-state index contributed by atoms with van der Waals surface area (Å²) in [5.74, 6) is -2.49. The number of ketones is 1. The van der Waals surface area contributed by atoms with Gasteiger partial charge in [-0.1, -0.05) is 59.6 Å². The van der Waals surface area contributed by atoms with E-state index in [1.54, 1.807) is 12.1 Å². The van der Waals surface area contributed by atoms with E-state index in [2.05, 4.69) is 5.32 Å². The van der Waals surface area contributed by atoms with Gasteiger partial charge >= 0.3 is 0 Å². The molecule has 0 aromatic heterocycles. The Bertz CT molecular complexity index is 949. The first kappa shape index (κ1) is 23.3. The van der Waals surface area contributed by atoms with E-state index in [1.165, 1.54) is 10.5 Å². The van der Waals surface area contributed by atoms with Crippen LogP contribution in [0.1, 0.15) is 30.9 Å². The number of carbonyl (C=O) groups is 3. The minimum atomic E-state index is -0.934. The van der Waals surface area contributed by atoms with Gasteiger partial charge in [-0.25, -0.2) is 0 Å². The first-order valence-corrected chi connectivity index (χ1v) is 11.2. The van der Waals surface area contributed by atoms with Crippen molar-refractivity contribution in [2.45, 2.75) is 38.6 Å². The van der Waals surface area contributed by atoms with Crippen LogP contribution in [-0.2, 0) is 27.2 Å². The van der Waals surface area contributed by atoms with Crippen LogP contribution in [0.4, 0.5) is 0 Å². The van der Waals surface area contributed by atoms with Gasteiger partial charge in [-0.15, -0.1) is 0 Å². The van der Waals surface area contributed by atoms with Gasteiger partial charge in [-0.05, 0) is 55.9 Å². The third-order valence-electron chi connectivity index (χ3n) is 5.64. The molecule has 7 heteroatoms. The highest BCUT2D eigenvalue weighted by molar-refractivity contribution is 6.42. The van der Waals surface area contributed by atoms with Crippen LogP contribution in [0.25, 0.3) is 0 Å². The Morgan fingerprint density at radius 3 is 2.52 bits per heavy atom. The number of aryl methyl sites for hydroxylation is 2. The number of Topliss-reactive ketones (excluding diaryl/α,β-unsaturated/α-hetero) is 1. The molecule has 0 bridgehead atoms. The number of carbonyl (C=O) groups excluding carboxylic acids is 3. The predicted octanol–water partition coefficient (Wildman–Crippen LogP) is 4.09. The molecule has 1 aliphatic heterocycles. The number of hydrogen-bond acceptors (Lipinski definition) is 3. The van der Waals surface area contributed by atoms with Crippen molar-refractivity contribution in [1.82, 2.24) is 10.2 Å². The minimum absolute atomic E-state index is 0.107. The number of halogens is 2. The summed E-state index contributed by atoms with van der Waals surface area (Å²) >= 11 is 11.9. The Labute approximate surface area is 192 Å². The highest BCUT2D eigenvalue weighted by atomic mass is 35.5. The summed E-state index contributed by atoms with van der Waals surface area (Å²) in [6, 6.07) is 15.3. The van der Waals surface area contributed by atoms with Crippen LogP contribution in [0.2, 0.25) is 10.0 Å². The fraction of sp³-hybridized carbons (Fsp3) is 0.375. The SMILES string of the molecule is CC(CCc1ccccc1)N1CC(C(=O)NCCCc2ccc(Cl)c(Cl)c2)C(=O)C1=O. The van der Waals surface area contributed by atoms with E-state index in [1.807, 2.05) is 43.3 Å². The van der Waals surface area contributed by atoms with Gasteiger partial charge in [0.1, 0.15) is 5.92 Å². The molecule has 2 unspecified atom stereocenters. The lowest BCUT2D eigenvalue weighted by Crippen LogP contribution is -2.37. The van der Waals surface area contributed by atoms with Crippen molar-refractivity contribution in [3.05, 3.63) is 69.7 Å². The number of amides is 2. The van der Waals surface area contributed by atoms with Crippen LogP contribution in [-0.4, -0.2) is 41.6 Å². The van der Waals surface area contributed by atoms with Crippen molar-refractivity contribution in [3.63, 3.8) is 0 Å². The van der Waals surface area contributed by atoms with E-state index < -0.39 is 17.6 Å². The highest BCUT2D eigenvalue weighted by Gasteiger charge is 2.44. The third kappa shape index (κ3) is 6.08. The van der Waals surface area contributed by atoms with Crippen LogP contribution in [0.15, 0.2) is 48.5 Å². The molecule has 1 saturated heterocycles. The smallest absolute Gasteiger partial charge is 0.291 e. The lowest BCUT2D eigenvalue weighted by atomic mass is 10.1. The van der Waals surface area contributed by atoms with Crippen LogP contribution < -0.4 is 5.32 Å². The van der Waals surface area contributed by atoms with Crippen molar-refractivity contribution in [2.75, 3.05) is 13.1 Å². The van der Waals surface area contributed by atoms with Gasteiger partial charge in [0.15, 0.2) is 0 Å². The molecule has 5 nitrogen and oxygen atoms in total. The quantitative estimate of drug-likeness (QED) is 0.348. The molecule has 1 aliphatic rings. The number of nitrogens with zero attached hydrogens (tertiary/aromatic N) is 1. The highest BCUT2D eigenvalue weighted by Crippen LogP contribution is 2.23. The molecule has 1 heterocycles. The van der Waals surface area contributed by atoms with Crippen molar-refractivity contribution in [2.24, 2.45) is 5.92 Å². The third-order valence-corrected chi connectivity index (χ3v) is 6.37. The average molecular weight is 461 g/mol. The topological polar surface area (TPSA) is 66.5 Å². The van der Waals surface area contributed by atoms with E-state index in [0.29, 0.717) is 23.0 Å². The van der Waals surface area contributed by atoms with Gasteiger partial charge in [0.05, 0.1) is 10.0 Å². The van der Waals surface area contributed by atoms with Crippen LogP contribution >= 0.6 is 23.2 Å². The summed E-state index contributed by atoms with van der Waals surface area (Å²) in [4.78, 5) is 38.8. The zero-order valence-electron chi connectivity index (χ0n) is 17.4. The monoisotopic (exact) mass is 460 g/mol. The molecule has 164 valence electrons. The molecular formula is C24H26Cl2N2O3.